The fourth-order valence-corrected chi connectivity index (χ4v) is 1.66. The first-order chi connectivity index (χ1) is 6.09. The van der Waals surface area contributed by atoms with E-state index >= 15 is 0 Å². The van der Waals surface area contributed by atoms with Gasteiger partial charge in [-0.15, -0.1) is 0 Å². The molecule has 0 spiro atoms. The number of nitrogens with zero attached hydrogens (tertiary/aromatic N) is 2. The fourth-order valence-electron chi connectivity index (χ4n) is 1.66. The van der Waals surface area contributed by atoms with Crippen molar-refractivity contribution < 1.29 is 10.2 Å². The second-order valence-electron chi connectivity index (χ2n) is 3.99. The number of aliphatic hydroxyl groups is 2. The van der Waals surface area contributed by atoms with Crippen LogP contribution in [0.1, 0.15) is 13.3 Å². The second kappa shape index (κ2) is 4.05. The zero-order valence-electron chi connectivity index (χ0n) is 7.90. The molecule has 0 aromatic rings. The highest BCUT2D eigenvalue weighted by Gasteiger charge is 2.34. The summed E-state index contributed by atoms with van der Waals surface area (Å²) >= 11 is 0. The number of likely N-dealkylation sites (tertiary alicyclic amines) is 1. The lowest BCUT2D eigenvalue weighted by Crippen LogP contribution is -2.33. The van der Waals surface area contributed by atoms with Crippen LogP contribution in [0.2, 0.25) is 0 Å². The van der Waals surface area contributed by atoms with Crippen molar-refractivity contribution in [3.8, 4) is 6.07 Å². The molecule has 4 nitrogen and oxygen atoms in total. The van der Waals surface area contributed by atoms with E-state index in [1.165, 1.54) is 0 Å². The zero-order valence-corrected chi connectivity index (χ0v) is 7.90. The van der Waals surface area contributed by atoms with Gasteiger partial charge in [-0.1, -0.05) is 0 Å². The smallest absolute Gasteiger partial charge is 0.0897 e. The molecule has 2 unspecified atom stereocenters. The number of rotatable bonds is 3. The van der Waals surface area contributed by atoms with E-state index < -0.39 is 6.10 Å². The Balaban J connectivity index is 2.38. The van der Waals surface area contributed by atoms with Crippen LogP contribution >= 0.6 is 0 Å². The molecule has 74 valence electrons. The topological polar surface area (TPSA) is 67.5 Å². The Morgan fingerprint density at radius 3 is 2.85 bits per heavy atom. The van der Waals surface area contributed by atoms with Gasteiger partial charge in [0.25, 0.3) is 0 Å². The maximum absolute atomic E-state index is 9.19. The third-order valence-electron chi connectivity index (χ3n) is 2.50. The Kier molecular flexibility index (Phi) is 3.26. The summed E-state index contributed by atoms with van der Waals surface area (Å²) in [5.74, 6) is 0. The lowest BCUT2D eigenvalue weighted by atomic mass is 9.92. The molecule has 1 aliphatic heterocycles. The molecule has 2 atom stereocenters. The number of β-amino-alcohol motifs (C(OH)–C–C–N with tert-alkyl or cyclic N) is 1. The van der Waals surface area contributed by atoms with Crippen LogP contribution in [0.5, 0.6) is 0 Å². The van der Waals surface area contributed by atoms with Gasteiger partial charge in [0.05, 0.1) is 24.2 Å². The molecule has 2 N–H and O–H groups in total. The van der Waals surface area contributed by atoms with Gasteiger partial charge in [-0.05, 0) is 19.9 Å². The Hall–Kier alpha value is -0.630. The van der Waals surface area contributed by atoms with E-state index in [9.17, 15) is 5.11 Å². The van der Waals surface area contributed by atoms with E-state index in [1.807, 2.05) is 11.8 Å². The molecule has 0 aromatic carbocycles. The molecule has 1 rings (SSSR count). The van der Waals surface area contributed by atoms with Gasteiger partial charge in [0.2, 0.25) is 0 Å². The molecule has 1 fully saturated rings. The highest BCUT2D eigenvalue weighted by Crippen LogP contribution is 2.28. The van der Waals surface area contributed by atoms with Gasteiger partial charge in [0.15, 0.2) is 0 Å². The molecule has 1 aliphatic rings. The van der Waals surface area contributed by atoms with E-state index in [-0.39, 0.29) is 12.0 Å². The average Bonchev–Trinajstić information content (AvgIpc) is 2.48. The van der Waals surface area contributed by atoms with Crippen LogP contribution < -0.4 is 0 Å². The highest BCUT2D eigenvalue weighted by molar-refractivity contribution is 5.02. The molecule has 0 radical (unpaired) electrons. The van der Waals surface area contributed by atoms with Crippen molar-refractivity contribution in [3.05, 3.63) is 0 Å². The third-order valence-corrected chi connectivity index (χ3v) is 2.50. The average molecular weight is 184 g/mol. The van der Waals surface area contributed by atoms with Gasteiger partial charge >= 0.3 is 0 Å². The molecule has 1 heterocycles. The van der Waals surface area contributed by atoms with Crippen molar-refractivity contribution in [2.75, 3.05) is 26.2 Å². The van der Waals surface area contributed by atoms with Crippen molar-refractivity contribution in [3.63, 3.8) is 0 Å². The minimum atomic E-state index is -0.680. The van der Waals surface area contributed by atoms with Gasteiger partial charge in [0.1, 0.15) is 0 Å². The first-order valence-electron chi connectivity index (χ1n) is 4.52. The predicted octanol–water partition coefficient (Wildman–Crippen LogP) is -0.425. The van der Waals surface area contributed by atoms with E-state index in [4.69, 9.17) is 10.4 Å². The quantitative estimate of drug-likeness (QED) is 0.625. The second-order valence-corrected chi connectivity index (χ2v) is 3.99. The van der Waals surface area contributed by atoms with Crippen LogP contribution in [0.4, 0.5) is 0 Å². The van der Waals surface area contributed by atoms with E-state index in [1.54, 1.807) is 0 Å². The summed E-state index contributed by atoms with van der Waals surface area (Å²) in [6.45, 7) is 3.72. The van der Waals surface area contributed by atoms with Crippen LogP contribution in [-0.4, -0.2) is 47.5 Å². The lowest BCUT2D eigenvalue weighted by molar-refractivity contribution is 0.0643. The highest BCUT2D eigenvalue weighted by atomic mass is 16.3. The summed E-state index contributed by atoms with van der Waals surface area (Å²) in [7, 11) is 0. The first-order valence-corrected chi connectivity index (χ1v) is 4.52. The summed E-state index contributed by atoms with van der Waals surface area (Å²) in [4.78, 5) is 2.02. The van der Waals surface area contributed by atoms with Crippen molar-refractivity contribution in [2.45, 2.75) is 19.4 Å². The number of hydrogen-bond donors (Lipinski definition) is 2. The molecule has 0 aromatic heterocycles. The Morgan fingerprint density at radius 2 is 2.38 bits per heavy atom. The molecule has 4 heteroatoms. The molecular formula is C9H16N2O2. The minimum Gasteiger partial charge on any atom is -0.394 e. The standard InChI is InChI=1S/C9H16N2O2/c1-9(6-10)2-3-11(7-9)4-8(13)5-12/h8,12-13H,2-5,7H2,1H3. The van der Waals surface area contributed by atoms with Gasteiger partial charge in [-0.2, -0.15) is 5.26 Å². The van der Waals surface area contributed by atoms with Crippen LogP contribution in [0.15, 0.2) is 0 Å². The number of hydrogen-bond acceptors (Lipinski definition) is 4. The molecule has 0 amide bonds. The summed E-state index contributed by atoms with van der Waals surface area (Å²) in [6, 6.07) is 2.28. The summed E-state index contributed by atoms with van der Waals surface area (Å²) in [5, 5.41) is 26.7. The molecule has 0 aliphatic carbocycles. The maximum atomic E-state index is 9.19. The van der Waals surface area contributed by atoms with Gasteiger partial charge < -0.3 is 10.2 Å². The molecule has 0 bridgehead atoms. The molecule has 1 saturated heterocycles. The summed E-state index contributed by atoms with van der Waals surface area (Å²) in [5.41, 5.74) is -0.269. The van der Waals surface area contributed by atoms with Gasteiger partial charge in [-0.25, -0.2) is 0 Å². The molecular weight excluding hydrogens is 168 g/mol. The van der Waals surface area contributed by atoms with Crippen molar-refractivity contribution >= 4 is 0 Å². The normalized spacial score (nSPS) is 31.5. The van der Waals surface area contributed by atoms with Crippen molar-refractivity contribution in [1.82, 2.24) is 4.90 Å². The monoisotopic (exact) mass is 184 g/mol. The first kappa shape index (κ1) is 10.5. The predicted molar refractivity (Wildman–Crippen MR) is 47.9 cm³/mol. The summed E-state index contributed by atoms with van der Waals surface area (Å²) in [6.07, 6.45) is 0.169. The fraction of sp³-hybridized carbons (Fsp3) is 0.889. The van der Waals surface area contributed by atoms with Crippen LogP contribution in [-0.2, 0) is 0 Å². The number of nitriles is 1. The van der Waals surface area contributed by atoms with Crippen molar-refractivity contribution in [1.29, 1.82) is 5.26 Å². The SMILES string of the molecule is CC1(C#N)CCN(CC(O)CO)C1. The Morgan fingerprint density at radius 1 is 1.69 bits per heavy atom. The lowest BCUT2D eigenvalue weighted by Gasteiger charge is -2.19. The summed E-state index contributed by atoms with van der Waals surface area (Å²) < 4.78 is 0. The minimum absolute atomic E-state index is 0.209. The van der Waals surface area contributed by atoms with Crippen LogP contribution in [0.25, 0.3) is 0 Å². The van der Waals surface area contributed by atoms with Gasteiger partial charge in [0, 0.05) is 13.1 Å². The largest absolute Gasteiger partial charge is 0.394 e. The van der Waals surface area contributed by atoms with E-state index in [2.05, 4.69) is 6.07 Å². The van der Waals surface area contributed by atoms with Crippen LogP contribution in [0.3, 0.4) is 0 Å². The van der Waals surface area contributed by atoms with Crippen molar-refractivity contribution in [2.24, 2.45) is 5.41 Å². The molecule has 13 heavy (non-hydrogen) atoms. The molecule has 0 saturated carbocycles. The maximum Gasteiger partial charge on any atom is 0.0897 e. The van der Waals surface area contributed by atoms with Crippen LogP contribution in [0, 0.1) is 16.7 Å². The van der Waals surface area contributed by atoms with Gasteiger partial charge in [-0.3, -0.25) is 4.90 Å². The third kappa shape index (κ3) is 2.66. The van der Waals surface area contributed by atoms with E-state index in [0.717, 1.165) is 13.0 Å². The zero-order chi connectivity index (χ0) is 9.90. The Labute approximate surface area is 78.4 Å². The van der Waals surface area contributed by atoms with E-state index in [0.29, 0.717) is 13.1 Å². The number of aliphatic hydroxyl groups excluding tert-OH is 2. The Bertz CT molecular complexity index is 214.